The van der Waals surface area contributed by atoms with Crippen LogP contribution in [0, 0.1) is 23.3 Å². The second kappa shape index (κ2) is 4.68. The minimum atomic E-state index is -1.36. The van der Waals surface area contributed by atoms with Crippen molar-refractivity contribution in [3.8, 4) is 0 Å². The van der Waals surface area contributed by atoms with E-state index >= 15 is 0 Å². The van der Waals surface area contributed by atoms with Gasteiger partial charge in [-0.15, -0.1) is 11.8 Å². The molecule has 1 aromatic carbocycles. The predicted octanol–water partition coefficient (Wildman–Crippen LogP) is 3.75. The number of halogens is 4. The van der Waals surface area contributed by atoms with E-state index in [0.717, 1.165) is 11.8 Å². The van der Waals surface area contributed by atoms with E-state index in [9.17, 15) is 17.6 Å². The van der Waals surface area contributed by atoms with Crippen LogP contribution >= 0.6 is 11.8 Å². The normalized spacial score (nSPS) is 10.6. The Morgan fingerprint density at radius 1 is 1.07 bits per heavy atom. The molecule has 0 aromatic heterocycles. The van der Waals surface area contributed by atoms with Crippen molar-refractivity contribution in [1.29, 1.82) is 0 Å². The van der Waals surface area contributed by atoms with Crippen molar-refractivity contribution in [3.05, 3.63) is 29.3 Å². The van der Waals surface area contributed by atoms with Gasteiger partial charge in [-0.3, -0.25) is 0 Å². The lowest BCUT2D eigenvalue weighted by atomic mass is 10.3. The van der Waals surface area contributed by atoms with Gasteiger partial charge in [-0.2, -0.15) is 0 Å². The van der Waals surface area contributed by atoms with Crippen molar-refractivity contribution in [2.45, 2.75) is 18.2 Å². The first-order valence-corrected chi connectivity index (χ1v) is 5.02. The molecule has 0 atom stereocenters. The van der Waals surface area contributed by atoms with Gasteiger partial charge in [0.15, 0.2) is 23.3 Å². The molecule has 5 heteroatoms. The van der Waals surface area contributed by atoms with Crippen LogP contribution in [-0.2, 0) is 0 Å². The van der Waals surface area contributed by atoms with Gasteiger partial charge >= 0.3 is 0 Å². The first-order valence-electron chi connectivity index (χ1n) is 4.03. The lowest BCUT2D eigenvalue weighted by molar-refractivity contribution is 0.426. The standard InChI is InChI=1S/C9H8F4S/c1-2-3-14-9-7(12)5(10)4-6(11)8(9)13/h4H,2-3H2,1H3. The summed E-state index contributed by atoms with van der Waals surface area (Å²) < 4.78 is 51.2. The molecule has 78 valence electrons. The quantitative estimate of drug-likeness (QED) is 0.428. The molecule has 1 rings (SSSR count). The summed E-state index contributed by atoms with van der Waals surface area (Å²) in [4.78, 5) is -0.579. The number of hydrogen-bond donors (Lipinski definition) is 0. The van der Waals surface area contributed by atoms with E-state index in [1.807, 2.05) is 0 Å². The van der Waals surface area contributed by atoms with Crippen LogP contribution in [0.1, 0.15) is 13.3 Å². The third kappa shape index (κ3) is 2.20. The number of benzene rings is 1. The predicted molar refractivity (Wildman–Crippen MR) is 47.3 cm³/mol. The third-order valence-corrected chi connectivity index (χ3v) is 2.78. The second-order valence-electron chi connectivity index (χ2n) is 2.65. The average molecular weight is 224 g/mol. The van der Waals surface area contributed by atoms with E-state index in [4.69, 9.17) is 0 Å². The molecule has 0 aliphatic rings. The van der Waals surface area contributed by atoms with E-state index in [1.54, 1.807) is 6.92 Å². The Morgan fingerprint density at radius 2 is 1.57 bits per heavy atom. The Labute approximate surface area is 83.3 Å². The minimum absolute atomic E-state index is 0.209. The molecule has 0 saturated carbocycles. The molecule has 0 N–H and O–H groups in total. The van der Waals surface area contributed by atoms with Crippen molar-refractivity contribution < 1.29 is 17.6 Å². The topological polar surface area (TPSA) is 0 Å². The summed E-state index contributed by atoms with van der Waals surface area (Å²) in [5, 5.41) is 0. The molecular formula is C9H8F4S. The molecular weight excluding hydrogens is 216 g/mol. The van der Waals surface area contributed by atoms with E-state index in [0.29, 0.717) is 12.2 Å². The van der Waals surface area contributed by atoms with Crippen molar-refractivity contribution in [2.75, 3.05) is 5.75 Å². The van der Waals surface area contributed by atoms with Crippen LogP contribution in [0.4, 0.5) is 17.6 Å². The van der Waals surface area contributed by atoms with E-state index in [1.165, 1.54) is 0 Å². The molecule has 0 unspecified atom stereocenters. The fraction of sp³-hybridized carbons (Fsp3) is 0.333. The van der Waals surface area contributed by atoms with Crippen LogP contribution in [0.3, 0.4) is 0 Å². The molecule has 0 bridgehead atoms. The lowest BCUT2D eigenvalue weighted by Gasteiger charge is -2.05. The molecule has 0 aliphatic heterocycles. The third-order valence-electron chi connectivity index (χ3n) is 1.52. The summed E-state index contributed by atoms with van der Waals surface area (Å²) in [5.74, 6) is -4.94. The largest absolute Gasteiger partial charge is 0.204 e. The van der Waals surface area contributed by atoms with Gasteiger partial charge in [-0.05, 0) is 12.2 Å². The monoisotopic (exact) mass is 224 g/mol. The molecule has 14 heavy (non-hydrogen) atoms. The van der Waals surface area contributed by atoms with Crippen LogP contribution in [0.25, 0.3) is 0 Å². The number of rotatable bonds is 3. The van der Waals surface area contributed by atoms with Crippen molar-refractivity contribution in [1.82, 2.24) is 0 Å². The average Bonchev–Trinajstić information content (AvgIpc) is 2.15. The highest BCUT2D eigenvalue weighted by atomic mass is 32.2. The smallest absolute Gasteiger partial charge is 0.175 e. The maximum atomic E-state index is 13.0. The highest BCUT2D eigenvalue weighted by molar-refractivity contribution is 7.99. The Morgan fingerprint density at radius 3 is 2.00 bits per heavy atom. The van der Waals surface area contributed by atoms with Crippen LogP contribution in [0.5, 0.6) is 0 Å². The lowest BCUT2D eigenvalue weighted by Crippen LogP contribution is -1.97. The SMILES string of the molecule is CCCSc1c(F)c(F)cc(F)c1F. The van der Waals surface area contributed by atoms with Gasteiger partial charge in [0.1, 0.15) is 0 Å². The Bertz CT molecular complexity index is 312. The molecule has 0 saturated heterocycles. The Balaban J connectivity index is 3.11. The summed E-state index contributed by atoms with van der Waals surface area (Å²) in [7, 11) is 0. The van der Waals surface area contributed by atoms with Gasteiger partial charge in [0.05, 0.1) is 4.90 Å². The first-order chi connectivity index (χ1) is 6.57. The molecule has 0 spiro atoms. The molecule has 0 fully saturated rings. The maximum Gasteiger partial charge on any atom is 0.175 e. The van der Waals surface area contributed by atoms with Crippen LogP contribution in [0.15, 0.2) is 11.0 Å². The van der Waals surface area contributed by atoms with Gasteiger partial charge in [-0.25, -0.2) is 17.6 Å². The Kier molecular flexibility index (Phi) is 3.80. The van der Waals surface area contributed by atoms with Crippen molar-refractivity contribution >= 4 is 11.8 Å². The highest BCUT2D eigenvalue weighted by Crippen LogP contribution is 2.28. The summed E-state index contributed by atoms with van der Waals surface area (Å²) in [6, 6.07) is 0.209. The van der Waals surface area contributed by atoms with Crippen LogP contribution in [-0.4, -0.2) is 5.75 Å². The maximum absolute atomic E-state index is 13.0. The summed E-state index contributed by atoms with van der Waals surface area (Å²) in [6.07, 6.45) is 0.668. The van der Waals surface area contributed by atoms with Gasteiger partial charge in [0.25, 0.3) is 0 Å². The summed E-state index contributed by atoms with van der Waals surface area (Å²) in [5.41, 5.74) is 0. The highest BCUT2D eigenvalue weighted by Gasteiger charge is 2.18. The second-order valence-corrected chi connectivity index (χ2v) is 3.75. The molecule has 0 nitrogen and oxygen atoms in total. The summed E-state index contributed by atoms with van der Waals surface area (Å²) >= 11 is 0.772. The summed E-state index contributed by atoms with van der Waals surface area (Å²) in [6.45, 7) is 1.80. The zero-order valence-corrected chi connectivity index (χ0v) is 8.23. The van der Waals surface area contributed by atoms with E-state index < -0.39 is 28.2 Å². The Hall–Kier alpha value is -0.710. The molecule has 0 radical (unpaired) electrons. The van der Waals surface area contributed by atoms with Gasteiger partial charge in [0, 0.05) is 6.07 Å². The molecule has 0 heterocycles. The van der Waals surface area contributed by atoms with Gasteiger partial charge in [0.2, 0.25) is 0 Å². The van der Waals surface area contributed by atoms with Crippen molar-refractivity contribution in [2.24, 2.45) is 0 Å². The molecule has 0 aliphatic carbocycles. The zero-order valence-electron chi connectivity index (χ0n) is 7.41. The van der Waals surface area contributed by atoms with Gasteiger partial charge < -0.3 is 0 Å². The zero-order chi connectivity index (χ0) is 10.7. The van der Waals surface area contributed by atoms with E-state index in [-0.39, 0.29) is 6.07 Å². The molecule has 1 aromatic rings. The number of thioether (sulfide) groups is 1. The van der Waals surface area contributed by atoms with Crippen LogP contribution < -0.4 is 0 Å². The first kappa shape index (κ1) is 11.4. The fourth-order valence-corrected chi connectivity index (χ4v) is 1.74. The van der Waals surface area contributed by atoms with E-state index in [2.05, 4.69) is 0 Å². The molecule has 0 amide bonds. The fourth-order valence-electron chi connectivity index (χ4n) is 0.882. The van der Waals surface area contributed by atoms with Crippen LogP contribution in [0.2, 0.25) is 0 Å². The minimum Gasteiger partial charge on any atom is -0.204 e. The number of hydrogen-bond acceptors (Lipinski definition) is 1. The van der Waals surface area contributed by atoms with Crippen molar-refractivity contribution in [3.63, 3.8) is 0 Å². The van der Waals surface area contributed by atoms with Gasteiger partial charge in [-0.1, -0.05) is 6.92 Å².